The summed E-state index contributed by atoms with van der Waals surface area (Å²) in [5, 5.41) is 11.7. The molecule has 0 heterocycles. The average molecular weight is 676 g/mol. The summed E-state index contributed by atoms with van der Waals surface area (Å²) in [6, 6.07) is 0. The molecule has 3 heteroatoms. The fourth-order valence-corrected chi connectivity index (χ4v) is 7.13. The van der Waals surface area contributed by atoms with Gasteiger partial charge in [0.25, 0.3) is 0 Å². The Balaban J connectivity index is 4.13. The van der Waals surface area contributed by atoms with Crippen LogP contribution in [0.1, 0.15) is 234 Å². The topological polar surface area (TPSA) is 32.7 Å². The van der Waals surface area contributed by atoms with Gasteiger partial charge in [-0.25, -0.2) is 0 Å². The summed E-state index contributed by atoms with van der Waals surface area (Å²) in [5.74, 6) is 1.23. The molecule has 0 saturated heterocycles. The molecule has 0 aliphatic rings. The SMILES string of the molecule is CC/C=C(\CCCCCCC/C=C\CCCCCCCC)OCCCCCCC(O)(CCCCCCC)CCCCN(CCC)CCC. The Morgan fingerprint density at radius 2 is 0.958 bits per heavy atom. The van der Waals surface area contributed by atoms with Crippen molar-refractivity contribution >= 4 is 0 Å². The van der Waals surface area contributed by atoms with Gasteiger partial charge in [0.05, 0.1) is 18.0 Å². The zero-order valence-electron chi connectivity index (χ0n) is 33.8. The minimum atomic E-state index is -0.454. The van der Waals surface area contributed by atoms with E-state index in [1.54, 1.807) is 0 Å². The van der Waals surface area contributed by atoms with Gasteiger partial charge < -0.3 is 14.7 Å². The van der Waals surface area contributed by atoms with Crippen LogP contribution in [0.3, 0.4) is 0 Å². The van der Waals surface area contributed by atoms with Crippen LogP contribution in [0.25, 0.3) is 0 Å². The van der Waals surface area contributed by atoms with E-state index in [2.05, 4.69) is 57.7 Å². The second-order valence-electron chi connectivity index (χ2n) is 15.1. The molecule has 0 aromatic heterocycles. The predicted octanol–water partition coefficient (Wildman–Crippen LogP) is 14.7. The molecule has 0 fully saturated rings. The van der Waals surface area contributed by atoms with Crippen molar-refractivity contribution in [2.24, 2.45) is 0 Å². The summed E-state index contributed by atoms with van der Waals surface area (Å²) in [4.78, 5) is 2.62. The quantitative estimate of drug-likeness (QED) is 0.0400. The van der Waals surface area contributed by atoms with E-state index in [0.717, 1.165) is 58.0 Å². The van der Waals surface area contributed by atoms with Crippen LogP contribution in [0, 0.1) is 0 Å². The molecular formula is C45H89NO2. The van der Waals surface area contributed by atoms with Crippen molar-refractivity contribution < 1.29 is 9.84 Å². The molecule has 0 bridgehead atoms. The van der Waals surface area contributed by atoms with Crippen molar-refractivity contribution in [3.8, 4) is 0 Å². The predicted molar refractivity (Wildman–Crippen MR) is 216 cm³/mol. The molecule has 0 saturated carbocycles. The molecule has 0 amide bonds. The molecule has 0 spiro atoms. The molecule has 0 aliphatic heterocycles. The normalized spacial score (nSPS) is 13.6. The first-order valence-electron chi connectivity index (χ1n) is 22.0. The molecule has 3 nitrogen and oxygen atoms in total. The highest BCUT2D eigenvalue weighted by atomic mass is 16.5. The fraction of sp³-hybridized carbons (Fsp3) is 0.911. The maximum Gasteiger partial charge on any atom is 0.0919 e. The van der Waals surface area contributed by atoms with E-state index in [9.17, 15) is 5.11 Å². The number of ether oxygens (including phenoxy) is 1. The van der Waals surface area contributed by atoms with E-state index in [4.69, 9.17) is 4.74 Å². The summed E-state index contributed by atoms with van der Waals surface area (Å²) >= 11 is 0. The lowest BCUT2D eigenvalue weighted by atomic mass is 9.85. The van der Waals surface area contributed by atoms with E-state index in [1.165, 1.54) is 173 Å². The Morgan fingerprint density at radius 3 is 1.48 bits per heavy atom. The Morgan fingerprint density at radius 1 is 0.500 bits per heavy atom. The maximum atomic E-state index is 11.7. The molecule has 1 atom stereocenters. The summed E-state index contributed by atoms with van der Waals surface area (Å²) in [7, 11) is 0. The van der Waals surface area contributed by atoms with E-state index in [0.29, 0.717) is 0 Å². The van der Waals surface area contributed by atoms with Crippen molar-refractivity contribution in [3.63, 3.8) is 0 Å². The zero-order valence-corrected chi connectivity index (χ0v) is 33.8. The number of unbranched alkanes of at least 4 members (excludes halogenated alkanes) is 19. The second kappa shape index (κ2) is 37.5. The molecule has 0 rings (SSSR count). The van der Waals surface area contributed by atoms with Gasteiger partial charge in [0.2, 0.25) is 0 Å². The van der Waals surface area contributed by atoms with Crippen molar-refractivity contribution in [1.29, 1.82) is 0 Å². The lowest BCUT2D eigenvalue weighted by Crippen LogP contribution is -2.30. The summed E-state index contributed by atoms with van der Waals surface area (Å²) in [5.41, 5.74) is -0.454. The number of hydrogen-bond acceptors (Lipinski definition) is 3. The summed E-state index contributed by atoms with van der Waals surface area (Å²) in [6.45, 7) is 15.8. The molecule has 1 N–H and O–H groups in total. The monoisotopic (exact) mass is 676 g/mol. The minimum Gasteiger partial charge on any atom is -0.498 e. The fourth-order valence-electron chi connectivity index (χ4n) is 7.13. The van der Waals surface area contributed by atoms with Crippen LogP contribution in [0.2, 0.25) is 0 Å². The zero-order chi connectivity index (χ0) is 35.2. The van der Waals surface area contributed by atoms with E-state index >= 15 is 0 Å². The minimum absolute atomic E-state index is 0.454. The molecule has 48 heavy (non-hydrogen) atoms. The molecular weight excluding hydrogens is 587 g/mol. The van der Waals surface area contributed by atoms with Crippen LogP contribution in [-0.4, -0.2) is 41.8 Å². The van der Waals surface area contributed by atoms with Gasteiger partial charge in [0, 0.05) is 6.42 Å². The number of hydrogen-bond donors (Lipinski definition) is 1. The van der Waals surface area contributed by atoms with E-state index < -0.39 is 5.60 Å². The van der Waals surface area contributed by atoms with Gasteiger partial charge in [-0.15, -0.1) is 0 Å². The first kappa shape index (κ1) is 47.2. The second-order valence-corrected chi connectivity index (χ2v) is 15.1. The van der Waals surface area contributed by atoms with E-state index in [1.807, 2.05) is 0 Å². The highest BCUT2D eigenvalue weighted by molar-refractivity contribution is 4.92. The van der Waals surface area contributed by atoms with Crippen LogP contribution >= 0.6 is 0 Å². The highest BCUT2D eigenvalue weighted by Gasteiger charge is 2.25. The first-order valence-corrected chi connectivity index (χ1v) is 22.0. The van der Waals surface area contributed by atoms with Crippen LogP contribution in [-0.2, 0) is 4.74 Å². The lowest BCUT2D eigenvalue weighted by molar-refractivity contribution is 0.00656. The smallest absolute Gasteiger partial charge is 0.0919 e. The molecule has 0 aliphatic carbocycles. The molecule has 286 valence electrons. The highest BCUT2D eigenvalue weighted by Crippen LogP contribution is 2.28. The van der Waals surface area contributed by atoms with Gasteiger partial charge in [-0.05, 0) is 116 Å². The average Bonchev–Trinajstić information content (AvgIpc) is 3.08. The Hall–Kier alpha value is -0.800. The van der Waals surface area contributed by atoms with Gasteiger partial charge in [-0.1, -0.05) is 150 Å². The third kappa shape index (κ3) is 32.4. The van der Waals surface area contributed by atoms with Crippen molar-refractivity contribution in [1.82, 2.24) is 4.90 Å². The number of allylic oxidation sites excluding steroid dienone is 4. The molecule has 0 radical (unpaired) electrons. The Labute approximate surface area is 303 Å². The standard InChI is InChI=1S/C45H89NO2/c1-6-11-13-15-16-17-18-19-20-21-22-23-24-25-29-36-44(35-8-3)48-43-34-28-27-31-38-45(47,37-30-26-14-12-7-2)39-32-33-42-46(40-9-4)41-10-5/h19-20,35,47H,6-18,21-34,36-43H2,1-5H3/b20-19-,44-35+. The van der Waals surface area contributed by atoms with Crippen molar-refractivity contribution in [3.05, 3.63) is 24.0 Å². The summed E-state index contributed by atoms with van der Waals surface area (Å²) < 4.78 is 6.25. The van der Waals surface area contributed by atoms with Crippen molar-refractivity contribution in [2.75, 3.05) is 26.2 Å². The lowest BCUT2D eigenvalue weighted by Gasteiger charge is -2.29. The molecule has 1 unspecified atom stereocenters. The maximum absolute atomic E-state index is 11.7. The Kier molecular flexibility index (Phi) is 36.8. The van der Waals surface area contributed by atoms with Gasteiger partial charge in [-0.3, -0.25) is 0 Å². The number of rotatable bonds is 39. The third-order valence-corrected chi connectivity index (χ3v) is 10.1. The van der Waals surface area contributed by atoms with Gasteiger partial charge in [-0.2, -0.15) is 0 Å². The van der Waals surface area contributed by atoms with Gasteiger partial charge in [0.1, 0.15) is 0 Å². The van der Waals surface area contributed by atoms with Crippen LogP contribution in [0.15, 0.2) is 24.0 Å². The van der Waals surface area contributed by atoms with Gasteiger partial charge in [0.15, 0.2) is 0 Å². The van der Waals surface area contributed by atoms with Crippen LogP contribution < -0.4 is 0 Å². The number of nitrogens with zero attached hydrogens (tertiary/aromatic N) is 1. The summed E-state index contributed by atoms with van der Waals surface area (Å²) in [6.07, 6.45) is 45.8. The van der Waals surface area contributed by atoms with Gasteiger partial charge >= 0.3 is 0 Å². The largest absolute Gasteiger partial charge is 0.498 e. The molecule has 0 aromatic rings. The van der Waals surface area contributed by atoms with Crippen molar-refractivity contribution in [2.45, 2.75) is 239 Å². The van der Waals surface area contributed by atoms with Crippen LogP contribution in [0.5, 0.6) is 0 Å². The van der Waals surface area contributed by atoms with Crippen LogP contribution in [0.4, 0.5) is 0 Å². The van der Waals surface area contributed by atoms with E-state index in [-0.39, 0.29) is 0 Å². The Bertz CT molecular complexity index is 682. The first-order chi connectivity index (χ1) is 23.5. The number of aliphatic hydroxyl groups is 1. The molecule has 0 aromatic carbocycles. The third-order valence-electron chi connectivity index (χ3n) is 10.1.